The summed E-state index contributed by atoms with van der Waals surface area (Å²) in [6, 6.07) is 16.7. The van der Waals surface area contributed by atoms with Gasteiger partial charge in [0.1, 0.15) is 5.75 Å². The summed E-state index contributed by atoms with van der Waals surface area (Å²) in [4.78, 5) is 6.82. The molecule has 1 N–H and O–H groups in total. The molecule has 2 aromatic carbocycles. The van der Waals surface area contributed by atoms with Crippen LogP contribution in [-0.2, 0) is 0 Å². The molecule has 0 atom stereocenters. The second-order valence-corrected chi connectivity index (χ2v) is 7.31. The zero-order valence-corrected chi connectivity index (χ0v) is 17.7. The van der Waals surface area contributed by atoms with Crippen LogP contribution in [-0.4, -0.2) is 25.2 Å². The van der Waals surface area contributed by atoms with Gasteiger partial charge in [0, 0.05) is 52.8 Å². The first-order valence-electron chi connectivity index (χ1n) is 10.3. The molecule has 0 spiro atoms. The Morgan fingerprint density at radius 2 is 1.86 bits per heavy atom. The van der Waals surface area contributed by atoms with Gasteiger partial charge >= 0.3 is 0 Å². The third kappa shape index (κ3) is 5.29. The number of pyridine rings is 1. The second-order valence-electron chi connectivity index (χ2n) is 7.31. The van der Waals surface area contributed by atoms with Crippen molar-refractivity contribution < 1.29 is 4.74 Å². The average molecular weight is 390 g/mol. The van der Waals surface area contributed by atoms with Crippen molar-refractivity contribution in [3.8, 4) is 5.75 Å². The summed E-state index contributed by atoms with van der Waals surface area (Å²) in [5.74, 6) is 0.892. The number of ether oxygens (including phenoxy) is 1. The SMILES string of the molecule is C=C(CCCN(CCC)c1ccc(OC)cc1)Nc1cccc2c(C)nccc12. The number of rotatable bonds is 10. The van der Waals surface area contributed by atoms with E-state index in [1.54, 1.807) is 7.11 Å². The van der Waals surface area contributed by atoms with Gasteiger partial charge < -0.3 is 15.0 Å². The second kappa shape index (κ2) is 9.97. The Balaban J connectivity index is 1.59. The highest BCUT2D eigenvalue weighted by Crippen LogP contribution is 2.26. The van der Waals surface area contributed by atoms with Crippen molar-refractivity contribution >= 4 is 22.1 Å². The van der Waals surface area contributed by atoms with Crippen molar-refractivity contribution in [3.63, 3.8) is 0 Å². The van der Waals surface area contributed by atoms with Crippen LogP contribution in [0.15, 0.2) is 67.0 Å². The number of anilines is 2. The van der Waals surface area contributed by atoms with E-state index in [1.165, 1.54) is 16.5 Å². The lowest BCUT2D eigenvalue weighted by Gasteiger charge is -2.25. The highest BCUT2D eigenvalue weighted by Gasteiger charge is 2.08. The summed E-state index contributed by atoms with van der Waals surface area (Å²) in [5.41, 5.74) is 4.42. The third-order valence-corrected chi connectivity index (χ3v) is 5.15. The van der Waals surface area contributed by atoms with Crippen LogP contribution >= 0.6 is 0 Å². The van der Waals surface area contributed by atoms with Crippen molar-refractivity contribution in [1.29, 1.82) is 0 Å². The van der Waals surface area contributed by atoms with E-state index in [-0.39, 0.29) is 0 Å². The summed E-state index contributed by atoms with van der Waals surface area (Å²) < 4.78 is 5.27. The lowest BCUT2D eigenvalue weighted by molar-refractivity contribution is 0.415. The van der Waals surface area contributed by atoms with E-state index >= 15 is 0 Å². The predicted molar refractivity (Wildman–Crippen MR) is 124 cm³/mol. The Morgan fingerprint density at radius 1 is 1.07 bits per heavy atom. The number of aryl methyl sites for hydroxylation is 1. The molecule has 0 aliphatic heterocycles. The van der Waals surface area contributed by atoms with Crippen LogP contribution in [0.25, 0.3) is 10.8 Å². The van der Waals surface area contributed by atoms with Crippen molar-refractivity contribution in [2.75, 3.05) is 30.4 Å². The number of allylic oxidation sites excluding steroid dienone is 1. The molecule has 152 valence electrons. The Bertz CT molecular complexity index is 950. The number of hydrogen-bond acceptors (Lipinski definition) is 4. The lowest BCUT2D eigenvalue weighted by atomic mass is 10.1. The molecule has 0 amide bonds. The Morgan fingerprint density at radius 3 is 2.59 bits per heavy atom. The molecular formula is C25H31N3O. The van der Waals surface area contributed by atoms with E-state index in [1.807, 2.05) is 25.3 Å². The van der Waals surface area contributed by atoms with E-state index in [2.05, 4.69) is 65.1 Å². The number of nitrogens with one attached hydrogen (secondary N) is 1. The molecule has 0 bridgehead atoms. The molecule has 4 nitrogen and oxygen atoms in total. The number of benzene rings is 2. The smallest absolute Gasteiger partial charge is 0.119 e. The molecule has 0 saturated heterocycles. The third-order valence-electron chi connectivity index (χ3n) is 5.15. The van der Waals surface area contributed by atoms with Crippen molar-refractivity contribution in [2.24, 2.45) is 0 Å². The molecule has 0 saturated carbocycles. The summed E-state index contributed by atoms with van der Waals surface area (Å²) >= 11 is 0. The maximum Gasteiger partial charge on any atom is 0.119 e. The number of fused-ring (bicyclic) bond motifs is 1. The molecular weight excluding hydrogens is 358 g/mol. The number of hydrogen-bond donors (Lipinski definition) is 1. The standard InChI is InChI=1S/C25H31N3O/c1-5-17-28(21-11-13-22(29-4)14-12-21)18-7-8-19(2)27-25-10-6-9-23-20(3)26-16-15-24(23)25/h6,9-16,27H,2,5,7-8,17-18H2,1,3-4H3. The van der Waals surface area contributed by atoms with Gasteiger partial charge in [-0.05, 0) is 62.6 Å². The topological polar surface area (TPSA) is 37.4 Å². The maximum atomic E-state index is 5.27. The van der Waals surface area contributed by atoms with E-state index in [9.17, 15) is 0 Å². The normalized spacial score (nSPS) is 10.7. The van der Waals surface area contributed by atoms with Crippen molar-refractivity contribution in [3.05, 3.63) is 72.7 Å². The van der Waals surface area contributed by atoms with Gasteiger partial charge in [-0.15, -0.1) is 0 Å². The van der Waals surface area contributed by atoms with E-state index < -0.39 is 0 Å². The van der Waals surface area contributed by atoms with Gasteiger partial charge in [-0.3, -0.25) is 4.98 Å². The van der Waals surface area contributed by atoms with Gasteiger partial charge in [-0.25, -0.2) is 0 Å². The molecule has 0 unspecified atom stereocenters. The first-order valence-corrected chi connectivity index (χ1v) is 10.3. The van der Waals surface area contributed by atoms with Crippen molar-refractivity contribution in [2.45, 2.75) is 33.1 Å². The predicted octanol–water partition coefficient (Wildman–Crippen LogP) is 6.17. The quantitative estimate of drug-likeness (QED) is 0.450. The van der Waals surface area contributed by atoms with Crippen LogP contribution in [0.4, 0.5) is 11.4 Å². The molecule has 4 heteroatoms. The lowest BCUT2D eigenvalue weighted by Crippen LogP contribution is -2.25. The minimum Gasteiger partial charge on any atom is -0.497 e. The van der Waals surface area contributed by atoms with Gasteiger partial charge in [0.05, 0.1) is 7.11 Å². The van der Waals surface area contributed by atoms with Gasteiger partial charge in [0.2, 0.25) is 0 Å². The summed E-state index contributed by atoms with van der Waals surface area (Å²) in [7, 11) is 1.70. The molecule has 1 heterocycles. The molecule has 3 rings (SSSR count). The largest absolute Gasteiger partial charge is 0.497 e. The minimum absolute atomic E-state index is 0.892. The molecule has 1 aromatic heterocycles. The fraction of sp³-hybridized carbons (Fsp3) is 0.320. The van der Waals surface area contributed by atoms with Crippen LogP contribution in [0.5, 0.6) is 5.75 Å². The monoisotopic (exact) mass is 389 g/mol. The van der Waals surface area contributed by atoms with Gasteiger partial charge in [0.15, 0.2) is 0 Å². The molecule has 0 aliphatic carbocycles. The highest BCUT2D eigenvalue weighted by atomic mass is 16.5. The Hall–Kier alpha value is -3.01. The highest BCUT2D eigenvalue weighted by molar-refractivity contribution is 5.95. The Kier molecular flexibility index (Phi) is 7.12. The maximum absolute atomic E-state index is 5.27. The zero-order valence-electron chi connectivity index (χ0n) is 17.7. The summed E-state index contributed by atoms with van der Waals surface area (Å²) in [6.07, 6.45) is 4.96. The number of nitrogens with zero attached hydrogens (tertiary/aromatic N) is 2. The Labute approximate surface area is 174 Å². The van der Waals surface area contributed by atoms with Gasteiger partial charge in [-0.1, -0.05) is 25.6 Å². The van der Waals surface area contributed by atoms with E-state index in [0.29, 0.717) is 0 Å². The molecule has 29 heavy (non-hydrogen) atoms. The van der Waals surface area contributed by atoms with Gasteiger partial charge in [0.25, 0.3) is 0 Å². The minimum atomic E-state index is 0.892. The van der Waals surface area contributed by atoms with Gasteiger partial charge in [-0.2, -0.15) is 0 Å². The van der Waals surface area contributed by atoms with Crippen LogP contribution in [0, 0.1) is 6.92 Å². The number of methoxy groups -OCH3 is 1. The van der Waals surface area contributed by atoms with Crippen LogP contribution in [0.3, 0.4) is 0 Å². The van der Waals surface area contributed by atoms with Crippen LogP contribution < -0.4 is 15.0 Å². The first-order chi connectivity index (χ1) is 14.1. The van der Waals surface area contributed by atoms with Crippen molar-refractivity contribution in [1.82, 2.24) is 4.98 Å². The summed E-state index contributed by atoms with van der Waals surface area (Å²) in [6.45, 7) is 10.6. The van der Waals surface area contributed by atoms with Crippen LogP contribution in [0.1, 0.15) is 31.9 Å². The molecule has 0 aliphatic rings. The number of aromatic nitrogens is 1. The average Bonchev–Trinajstić information content (AvgIpc) is 2.74. The van der Waals surface area contributed by atoms with E-state index in [0.717, 1.165) is 55.2 Å². The molecule has 0 fully saturated rings. The molecule has 3 aromatic rings. The molecule has 0 radical (unpaired) electrons. The fourth-order valence-corrected chi connectivity index (χ4v) is 3.63. The van der Waals surface area contributed by atoms with Crippen LogP contribution in [0.2, 0.25) is 0 Å². The fourth-order valence-electron chi connectivity index (χ4n) is 3.63. The summed E-state index contributed by atoms with van der Waals surface area (Å²) in [5, 5.41) is 5.88. The van der Waals surface area contributed by atoms with E-state index in [4.69, 9.17) is 4.74 Å². The zero-order chi connectivity index (χ0) is 20.6. The first kappa shape index (κ1) is 20.7.